The zero-order valence-electron chi connectivity index (χ0n) is 28.5. The van der Waals surface area contributed by atoms with Gasteiger partial charge in [-0.1, -0.05) is 127 Å². The minimum atomic E-state index is 0.906. The van der Waals surface area contributed by atoms with Gasteiger partial charge in [-0.15, -0.1) is 0 Å². The number of benzene rings is 8. The maximum atomic E-state index is 2.54. The Bertz CT molecular complexity index is 3120. The van der Waals surface area contributed by atoms with Gasteiger partial charge in [0.1, 0.15) is 0 Å². The van der Waals surface area contributed by atoms with Crippen molar-refractivity contribution >= 4 is 43.6 Å². The van der Waals surface area contributed by atoms with Crippen LogP contribution >= 0.6 is 0 Å². The van der Waals surface area contributed by atoms with E-state index in [0.717, 1.165) is 12.8 Å². The molecule has 0 atom stereocenters. The largest absolute Gasteiger partial charge is 0.309 e. The number of rotatable bonds is 3. The number of hydrogen-bond acceptors (Lipinski definition) is 0. The van der Waals surface area contributed by atoms with Crippen molar-refractivity contribution < 1.29 is 0 Å². The molecule has 12 rings (SSSR count). The van der Waals surface area contributed by atoms with Crippen molar-refractivity contribution in [1.82, 2.24) is 9.13 Å². The quantitative estimate of drug-likeness (QED) is 0.178. The van der Waals surface area contributed by atoms with E-state index in [2.05, 4.69) is 179 Å². The Balaban J connectivity index is 1.12. The van der Waals surface area contributed by atoms with Gasteiger partial charge < -0.3 is 9.13 Å². The van der Waals surface area contributed by atoms with Crippen molar-refractivity contribution in [2.24, 2.45) is 0 Å². The van der Waals surface area contributed by atoms with E-state index in [1.807, 2.05) is 0 Å². The Labute approximate surface area is 301 Å². The topological polar surface area (TPSA) is 9.86 Å². The van der Waals surface area contributed by atoms with Crippen LogP contribution < -0.4 is 0 Å². The summed E-state index contributed by atoms with van der Waals surface area (Å²) in [4.78, 5) is 0. The fourth-order valence-electron chi connectivity index (χ4n) is 9.62. The molecule has 2 heteroatoms. The molecule has 0 unspecified atom stereocenters. The molecular weight excluding hydrogens is 629 g/mol. The lowest BCUT2D eigenvalue weighted by molar-refractivity contribution is 1.12. The predicted molar refractivity (Wildman–Crippen MR) is 217 cm³/mol. The van der Waals surface area contributed by atoms with Gasteiger partial charge in [0.25, 0.3) is 0 Å². The summed E-state index contributed by atoms with van der Waals surface area (Å²) in [6.07, 6.45) is 1.91. The van der Waals surface area contributed by atoms with Crippen LogP contribution in [0.5, 0.6) is 0 Å². The highest BCUT2D eigenvalue weighted by molar-refractivity contribution is 6.29. The van der Waals surface area contributed by atoms with E-state index in [1.54, 1.807) is 0 Å². The predicted octanol–water partition coefficient (Wildman–Crippen LogP) is 12.7. The molecule has 0 saturated carbocycles. The highest BCUT2D eigenvalue weighted by atomic mass is 15.0. The summed E-state index contributed by atoms with van der Waals surface area (Å²) in [6.45, 7) is 0. The van der Waals surface area contributed by atoms with Crippen LogP contribution in [-0.4, -0.2) is 9.13 Å². The monoisotopic (exact) mass is 660 g/mol. The number of nitrogens with zero attached hydrogens (tertiary/aromatic N) is 2. The number of para-hydroxylation sites is 2. The molecule has 2 nitrogen and oxygen atoms in total. The number of fused-ring (bicyclic) bond motifs is 13. The minimum Gasteiger partial charge on any atom is -0.309 e. The van der Waals surface area contributed by atoms with Gasteiger partial charge >= 0.3 is 0 Å². The number of hydrogen-bond donors (Lipinski definition) is 0. The molecule has 242 valence electrons. The van der Waals surface area contributed by atoms with E-state index in [1.165, 1.54) is 111 Å². The molecule has 10 aromatic rings. The Kier molecular flexibility index (Phi) is 5.64. The van der Waals surface area contributed by atoms with Crippen LogP contribution in [-0.2, 0) is 12.8 Å². The first-order chi connectivity index (χ1) is 25.8. The summed E-state index contributed by atoms with van der Waals surface area (Å²) in [7, 11) is 0. The van der Waals surface area contributed by atoms with Gasteiger partial charge in [-0.25, -0.2) is 0 Å². The van der Waals surface area contributed by atoms with Crippen LogP contribution in [0.25, 0.3) is 88.4 Å². The fourth-order valence-corrected chi connectivity index (χ4v) is 9.62. The third-order valence-corrected chi connectivity index (χ3v) is 11.8. The van der Waals surface area contributed by atoms with Gasteiger partial charge in [0, 0.05) is 33.7 Å². The Morgan fingerprint density at radius 2 is 0.942 bits per heavy atom. The molecule has 2 aromatic heterocycles. The van der Waals surface area contributed by atoms with Crippen LogP contribution in [0.2, 0.25) is 0 Å². The van der Waals surface area contributed by atoms with Crippen molar-refractivity contribution in [3.63, 3.8) is 0 Å². The molecule has 0 fully saturated rings. The van der Waals surface area contributed by atoms with Gasteiger partial charge in [-0.2, -0.15) is 0 Å². The summed E-state index contributed by atoms with van der Waals surface area (Å²) in [6, 6.07) is 63.2. The Morgan fingerprint density at radius 1 is 0.346 bits per heavy atom. The van der Waals surface area contributed by atoms with Gasteiger partial charge in [0.2, 0.25) is 0 Å². The van der Waals surface area contributed by atoms with E-state index in [9.17, 15) is 0 Å². The van der Waals surface area contributed by atoms with Crippen molar-refractivity contribution in [3.05, 3.63) is 192 Å². The Morgan fingerprint density at radius 3 is 1.75 bits per heavy atom. The van der Waals surface area contributed by atoms with Crippen LogP contribution in [0.1, 0.15) is 22.3 Å². The van der Waals surface area contributed by atoms with E-state index in [-0.39, 0.29) is 0 Å². The van der Waals surface area contributed by atoms with E-state index < -0.39 is 0 Å². The summed E-state index contributed by atoms with van der Waals surface area (Å²) in [5.74, 6) is 0. The van der Waals surface area contributed by atoms with Gasteiger partial charge in [0.15, 0.2) is 0 Å². The second-order valence-corrected chi connectivity index (χ2v) is 14.4. The lowest BCUT2D eigenvalue weighted by Crippen LogP contribution is -1.99. The highest BCUT2D eigenvalue weighted by Crippen LogP contribution is 2.47. The molecule has 8 aromatic carbocycles. The number of aromatic nitrogens is 2. The molecule has 0 aliphatic heterocycles. The molecule has 0 N–H and O–H groups in total. The first-order valence-electron chi connectivity index (χ1n) is 18.3. The van der Waals surface area contributed by atoms with Crippen molar-refractivity contribution in [2.45, 2.75) is 12.8 Å². The summed E-state index contributed by atoms with van der Waals surface area (Å²) < 4.78 is 5.02. The zero-order valence-corrected chi connectivity index (χ0v) is 28.5. The lowest BCUT2D eigenvalue weighted by atomic mass is 9.96. The second kappa shape index (κ2) is 10.4. The SMILES string of the molecule is c1ccc(-c2cccc3c2Cc2c-3cccc2-n2c3ccccc3c3c4c5ccccc5n(-c5ccc6c(c5)-c5ccccc5C6)c4ccc32)cc1. The molecule has 2 aliphatic rings. The molecule has 52 heavy (non-hydrogen) atoms. The highest BCUT2D eigenvalue weighted by Gasteiger charge is 2.27. The maximum absolute atomic E-state index is 2.54. The van der Waals surface area contributed by atoms with Crippen LogP contribution in [0.4, 0.5) is 0 Å². The van der Waals surface area contributed by atoms with Gasteiger partial charge in [-0.05, 0) is 105 Å². The van der Waals surface area contributed by atoms with Crippen molar-refractivity contribution in [2.75, 3.05) is 0 Å². The third kappa shape index (κ3) is 3.73. The normalized spacial score (nSPS) is 12.8. The van der Waals surface area contributed by atoms with Crippen LogP contribution in [0.3, 0.4) is 0 Å². The van der Waals surface area contributed by atoms with Gasteiger partial charge in [0.05, 0.1) is 27.8 Å². The average Bonchev–Trinajstić information content (AvgIpc) is 3.95. The molecule has 0 radical (unpaired) electrons. The maximum Gasteiger partial charge on any atom is 0.0549 e. The molecule has 0 saturated heterocycles. The molecule has 2 aliphatic carbocycles. The molecular formula is C50H32N2. The Hall–Kier alpha value is -6.64. The van der Waals surface area contributed by atoms with Gasteiger partial charge in [-0.3, -0.25) is 0 Å². The summed E-state index contributed by atoms with van der Waals surface area (Å²) >= 11 is 0. The third-order valence-electron chi connectivity index (χ3n) is 11.8. The van der Waals surface area contributed by atoms with Crippen LogP contribution in [0.15, 0.2) is 170 Å². The molecule has 0 amide bonds. The summed E-state index contributed by atoms with van der Waals surface area (Å²) in [5, 5.41) is 5.19. The smallest absolute Gasteiger partial charge is 0.0549 e. The average molecular weight is 661 g/mol. The van der Waals surface area contributed by atoms with Crippen molar-refractivity contribution in [1.29, 1.82) is 0 Å². The van der Waals surface area contributed by atoms with Crippen LogP contribution in [0, 0.1) is 0 Å². The first kappa shape index (κ1) is 28.1. The molecule has 2 heterocycles. The zero-order chi connectivity index (χ0) is 33.9. The molecule has 0 spiro atoms. The minimum absolute atomic E-state index is 0.906. The lowest BCUT2D eigenvalue weighted by Gasteiger charge is -2.14. The van der Waals surface area contributed by atoms with E-state index >= 15 is 0 Å². The fraction of sp³-hybridized carbons (Fsp3) is 0.0400. The summed E-state index contributed by atoms with van der Waals surface area (Å²) in [5.41, 5.74) is 21.1. The van der Waals surface area contributed by atoms with E-state index in [0.29, 0.717) is 0 Å². The van der Waals surface area contributed by atoms with E-state index in [4.69, 9.17) is 0 Å². The second-order valence-electron chi connectivity index (χ2n) is 14.4. The standard InChI is InChI=1S/C50H32N2/c1-2-12-31(13-3-1)35-18-10-19-37-38-20-11-23-46(43(38)30-42(35)37)52-45-22-9-7-17-40(45)50-48(52)27-26-47-49(50)39-16-6-8-21-44(39)51(47)34-25-24-33-28-32-14-4-5-15-36(32)41(33)29-34/h1-27,29H,28,30H2. The van der Waals surface area contributed by atoms with Crippen molar-refractivity contribution in [3.8, 4) is 44.8 Å². The first-order valence-corrected chi connectivity index (χ1v) is 18.3. The molecule has 0 bridgehead atoms.